The first-order valence-corrected chi connectivity index (χ1v) is 9.34. The van der Waals surface area contributed by atoms with Crippen molar-refractivity contribution >= 4 is 28.9 Å². The summed E-state index contributed by atoms with van der Waals surface area (Å²) in [5, 5.41) is 3.21. The minimum atomic E-state index is -0.546. The smallest absolute Gasteiger partial charge is 0.331 e. The van der Waals surface area contributed by atoms with Gasteiger partial charge in [-0.25, -0.2) is 4.79 Å². The standard InChI is InChI=1S/C21H21ClN4O3/c1-24(2)20-16(22)9-6-10-17(20)23-18(27)14-26-19(28)11-12-25(21(26)29)13-15-7-4-3-5-8-15/h3-12H,13-14H2,1-2H3,(H,23,27). The first-order valence-electron chi connectivity index (χ1n) is 8.96. The van der Waals surface area contributed by atoms with Crippen LogP contribution in [-0.4, -0.2) is 29.1 Å². The summed E-state index contributed by atoms with van der Waals surface area (Å²) < 4.78 is 2.31. The molecule has 3 rings (SSSR count). The van der Waals surface area contributed by atoms with Crippen LogP contribution in [0.2, 0.25) is 5.02 Å². The number of nitrogens with zero attached hydrogens (tertiary/aromatic N) is 3. The van der Waals surface area contributed by atoms with Gasteiger partial charge in [-0.05, 0) is 17.7 Å². The lowest BCUT2D eigenvalue weighted by Gasteiger charge is -2.19. The Kier molecular flexibility index (Phi) is 6.19. The highest BCUT2D eigenvalue weighted by molar-refractivity contribution is 6.34. The number of rotatable bonds is 6. The average molecular weight is 413 g/mol. The molecule has 0 aliphatic carbocycles. The number of hydrogen-bond donors (Lipinski definition) is 1. The Morgan fingerprint density at radius 1 is 1.03 bits per heavy atom. The zero-order chi connectivity index (χ0) is 21.0. The second kappa shape index (κ2) is 8.79. The van der Waals surface area contributed by atoms with E-state index in [1.54, 1.807) is 37.2 Å². The van der Waals surface area contributed by atoms with Crippen LogP contribution < -0.4 is 21.5 Å². The zero-order valence-corrected chi connectivity index (χ0v) is 16.9. The van der Waals surface area contributed by atoms with E-state index in [1.165, 1.54) is 16.8 Å². The number of carbonyl (C=O) groups is 1. The van der Waals surface area contributed by atoms with Crippen molar-refractivity contribution in [3.8, 4) is 0 Å². The highest BCUT2D eigenvalue weighted by atomic mass is 35.5. The molecule has 2 aromatic carbocycles. The van der Waals surface area contributed by atoms with Crippen molar-refractivity contribution in [1.82, 2.24) is 9.13 Å². The van der Waals surface area contributed by atoms with E-state index >= 15 is 0 Å². The van der Waals surface area contributed by atoms with Gasteiger partial charge in [-0.2, -0.15) is 0 Å². The van der Waals surface area contributed by atoms with Crippen molar-refractivity contribution in [2.75, 3.05) is 24.3 Å². The monoisotopic (exact) mass is 412 g/mol. The van der Waals surface area contributed by atoms with Crippen LogP contribution in [-0.2, 0) is 17.9 Å². The summed E-state index contributed by atoms with van der Waals surface area (Å²) in [5.74, 6) is -0.493. The molecule has 1 amide bonds. The second-order valence-electron chi connectivity index (χ2n) is 6.71. The first kappa shape index (κ1) is 20.4. The van der Waals surface area contributed by atoms with Gasteiger partial charge in [0, 0.05) is 26.4 Å². The van der Waals surface area contributed by atoms with E-state index in [9.17, 15) is 14.4 Å². The summed E-state index contributed by atoms with van der Waals surface area (Å²) in [5.41, 5.74) is 0.980. The topological polar surface area (TPSA) is 76.3 Å². The molecule has 1 aromatic heterocycles. The maximum Gasteiger partial charge on any atom is 0.331 e. The van der Waals surface area contributed by atoms with Crippen LogP contribution in [0.25, 0.3) is 0 Å². The van der Waals surface area contributed by atoms with Crippen LogP contribution in [0.15, 0.2) is 70.4 Å². The Labute approximate surface area is 172 Å². The Morgan fingerprint density at radius 2 is 1.76 bits per heavy atom. The third kappa shape index (κ3) is 4.75. The van der Waals surface area contributed by atoms with Gasteiger partial charge in [0.05, 0.1) is 22.9 Å². The zero-order valence-electron chi connectivity index (χ0n) is 16.1. The van der Waals surface area contributed by atoms with Crippen molar-refractivity contribution in [2.24, 2.45) is 0 Å². The van der Waals surface area contributed by atoms with E-state index in [0.717, 1.165) is 10.1 Å². The van der Waals surface area contributed by atoms with E-state index in [-0.39, 0.29) is 0 Å². The summed E-state index contributed by atoms with van der Waals surface area (Å²) in [6.45, 7) is -0.0900. The third-order valence-corrected chi connectivity index (χ3v) is 4.65. The summed E-state index contributed by atoms with van der Waals surface area (Å²) in [7, 11) is 3.61. The highest BCUT2D eigenvalue weighted by Crippen LogP contribution is 2.32. The summed E-state index contributed by atoms with van der Waals surface area (Å²) in [4.78, 5) is 39.3. The number of carbonyl (C=O) groups excluding carboxylic acids is 1. The van der Waals surface area contributed by atoms with Gasteiger partial charge >= 0.3 is 5.69 Å². The number of aromatic nitrogens is 2. The van der Waals surface area contributed by atoms with Gasteiger partial charge in [0.25, 0.3) is 5.56 Å². The largest absolute Gasteiger partial charge is 0.375 e. The minimum absolute atomic E-state index is 0.306. The Bertz CT molecular complexity index is 1140. The normalized spacial score (nSPS) is 10.6. The predicted molar refractivity (Wildman–Crippen MR) is 115 cm³/mol. The molecule has 0 atom stereocenters. The van der Waals surface area contributed by atoms with E-state index in [0.29, 0.717) is 22.9 Å². The quantitative estimate of drug-likeness (QED) is 0.674. The van der Waals surface area contributed by atoms with Gasteiger partial charge in [-0.3, -0.25) is 18.7 Å². The Hall–Kier alpha value is -3.32. The van der Waals surface area contributed by atoms with Gasteiger partial charge in [0.1, 0.15) is 6.54 Å². The molecule has 29 heavy (non-hydrogen) atoms. The summed E-state index contributed by atoms with van der Waals surface area (Å²) >= 11 is 6.21. The third-order valence-electron chi connectivity index (χ3n) is 4.35. The molecule has 0 radical (unpaired) electrons. The highest BCUT2D eigenvalue weighted by Gasteiger charge is 2.14. The lowest BCUT2D eigenvalue weighted by molar-refractivity contribution is -0.116. The Balaban J connectivity index is 1.84. The van der Waals surface area contributed by atoms with Gasteiger partial charge in [0.2, 0.25) is 5.91 Å². The molecule has 1 heterocycles. The molecule has 0 aliphatic rings. The fourth-order valence-electron chi connectivity index (χ4n) is 3.01. The van der Waals surface area contributed by atoms with Crippen LogP contribution >= 0.6 is 11.6 Å². The summed E-state index contributed by atoms with van der Waals surface area (Å²) in [6.07, 6.45) is 1.44. The average Bonchev–Trinajstić information content (AvgIpc) is 2.68. The lowest BCUT2D eigenvalue weighted by atomic mass is 10.2. The molecule has 7 nitrogen and oxygen atoms in total. The molecule has 0 aliphatic heterocycles. The maximum absolute atomic E-state index is 12.7. The predicted octanol–water partition coefficient (Wildman–Crippen LogP) is 2.42. The molecule has 0 fully saturated rings. The van der Waals surface area contributed by atoms with E-state index in [1.807, 2.05) is 30.3 Å². The molecule has 8 heteroatoms. The first-order chi connectivity index (χ1) is 13.9. The van der Waals surface area contributed by atoms with Crippen LogP contribution in [0.5, 0.6) is 0 Å². The van der Waals surface area contributed by atoms with Gasteiger partial charge < -0.3 is 10.2 Å². The number of halogens is 1. The van der Waals surface area contributed by atoms with Crippen LogP contribution in [0.4, 0.5) is 11.4 Å². The van der Waals surface area contributed by atoms with E-state index < -0.39 is 23.7 Å². The molecule has 0 bridgehead atoms. The van der Waals surface area contributed by atoms with Crippen molar-refractivity contribution in [3.63, 3.8) is 0 Å². The number of benzene rings is 2. The number of para-hydroxylation sites is 1. The van der Waals surface area contributed by atoms with Gasteiger partial charge in [-0.1, -0.05) is 48.0 Å². The van der Waals surface area contributed by atoms with Crippen molar-refractivity contribution in [3.05, 3.63) is 92.2 Å². The maximum atomic E-state index is 12.7. The number of nitrogens with one attached hydrogen (secondary N) is 1. The fourth-order valence-corrected chi connectivity index (χ4v) is 3.35. The number of amides is 1. The second-order valence-corrected chi connectivity index (χ2v) is 7.12. The SMILES string of the molecule is CN(C)c1c(Cl)cccc1NC(=O)Cn1c(=O)ccn(Cc2ccccc2)c1=O. The molecule has 0 unspecified atom stereocenters. The lowest BCUT2D eigenvalue weighted by Crippen LogP contribution is -2.41. The molecule has 0 spiro atoms. The van der Waals surface area contributed by atoms with Crippen molar-refractivity contribution < 1.29 is 4.79 Å². The van der Waals surface area contributed by atoms with Crippen LogP contribution in [0.1, 0.15) is 5.56 Å². The molecule has 0 saturated carbocycles. The molecular weight excluding hydrogens is 392 g/mol. The van der Waals surface area contributed by atoms with Gasteiger partial charge in [-0.15, -0.1) is 0 Å². The molecule has 1 N–H and O–H groups in total. The molecular formula is C21H21ClN4O3. The number of anilines is 2. The number of hydrogen-bond acceptors (Lipinski definition) is 4. The van der Waals surface area contributed by atoms with Crippen LogP contribution in [0, 0.1) is 0 Å². The van der Waals surface area contributed by atoms with Crippen LogP contribution in [0.3, 0.4) is 0 Å². The molecule has 0 saturated heterocycles. The molecule has 150 valence electrons. The van der Waals surface area contributed by atoms with Gasteiger partial charge in [0.15, 0.2) is 0 Å². The fraction of sp³-hybridized carbons (Fsp3) is 0.190. The minimum Gasteiger partial charge on any atom is -0.375 e. The summed E-state index contributed by atoms with van der Waals surface area (Å²) in [6, 6.07) is 15.8. The van der Waals surface area contributed by atoms with Crippen molar-refractivity contribution in [1.29, 1.82) is 0 Å². The molecule has 3 aromatic rings. The Morgan fingerprint density at radius 3 is 2.45 bits per heavy atom. The van der Waals surface area contributed by atoms with Crippen molar-refractivity contribution in [2.45, 2.75) is 13.1 Å². The van der Waals surface area contributed by atoms with E-state index in [2.05, 4.69) is 5.32 Å². The van der Waals surface area contributed by atoms with E-state index in [4.69, 9.17) is 11.6 Å².